The van der Waals surface area contributed by atoms with Crippen LogP contribution in [0.2, 0.25) is 0 Å². The Hall–Kier alpha value is -1.10. The van der Waals surface area contributed by atoms with E-state index in [-0.39, 0.29) is 5.56 Å². The minimum Gasteiger partial charge on any atom is -0.324 e. The summed E-state index contributed by atoms with van der Waals surface area (Å²) in [6, 6.07) is 2.17. The minimum atomic E-state index is -2.63. The van der Waals surface area contributed by atoms with Crippen molar-refractivity contribution in [2.75, 3.05) is 0 Å². The Kier molecular flexibility index (Phi) is 3.46. The van der Waals surface area contributed by atoms with Gasteiger partial charge in [0.05, 0.1) is 0 Å². The molecule has 0 aliphatic heterocycles. The zero-order valence-corrected chi connectivity index (χ0v) is 7.18. The smallest absolute Gasteiger partial charge is 0.240 e. The van der Waals surface area contributed by atoms with Crippen LogP contribution in [-0.2, 0) is 0 Å². The van der Waals surface area contributed by atoms with Gasteiger partial charge in [0.1, 0.15) is 0 Å². The number of hydrogen-bond acceptors (Lipinski definition) is 1. The largest absolute Gasteiger partial charge is 0.324 e. The van der Waals surface area contributed by atoms with Crippen molar-refractivity contribution in [1.29, 1.82) is 0 Å². The third kappa shape index (κ3) is 2.45. The van der Waals surface area contributed by atoms with Crippen molar-refractivity contribution in [3.63, 3.8) is 0 Å². The molecule has 0 bridgehead atoms. The molecule has 0 saturated heterocycles. The van der Waals surface area contributed by atoms with Gasteiger partial charge in [0.2, 0.25) is 6.43 Å². The molecule has 5 heteroatoms. The van der Waals surface area contributed by atoms with Crippen LogP contribution in [0.4, 0.5) is 17.6 Å². The van der Waals surface area contributed by atoms with Crippen molar-refractivity contribution in [3.8, 4) is 0 Å². The fourth-order valence-corrected chi connectivity index (χ4v) is 1.13. The quantitative estimate of drug-likeness (QED) is 0.757. The van der Waals surface area contributed by atoms with Gasteiger partial charge in [-0.2, -0.15) is 0 Å². The molecule has 0 unspecified atom stereocenters. The van der Waals surface area contributed by atoms with E-state index in [4.69, 9.17) is 5.73 Å². The SMILES string of the molecule is N[C@H](CC(F)F)c1cccc(F)c1F. The monoisotopic (exact) mass is 207 g/mol. The van der Waals surface area contributed by atoms with Crippen molar-refractivity contribution in [2.45, 2.75) is 18.9 Å². The van der Waals surface area contributed by atoms with Crippen LogP contribution in [-0.4, -0.2) is 6.43 Å². The van der Waals surface area contributed by atoms with Gasteiger partial charge in [0.25, 0.3) is 0 Å². The molecule has 0 aliphatic carbocycles. The number of rotatable bonds is 3. The normalized spacial score (nSPS) is 13.3. The van der Waals surface area contributed by atoms with Crippen molar-refractivity contribution in [2.24, 2.45) is 5.73 Å². The molecule has 14 heavy (non-hydrogen) atoms. The van der Waals surface area contributed by atoms with Crippen molar-refractivity contribution >= 4 is 0 Å². The first-order valence-corrected chi connectivity index (χ1v) is 4.00. The van der Waals surface area contributed by atoms with E-state index < -0.39 is 30.5 Å². The summed E-state index contributed by atoms with van der Waals surface area (Å²) in [5.41, 5.74) is 5.06. The van der Waals surface area contributed by atoms with Gasteiger partial charge >= 0.3 is 0 Å². The van der Waals surface area contributed by atoms with Crippen LogP contribution in [0.5, 0.6) is 0 Å². The first-order valence-electron chi connectivity index (χ1n) is 4.00. The van der Waals surface area contributed by atoms with E-state index in [1.807, 2.05) is 0 Å². The Morgan fingerprint density at radius 1 is 1.21 bits per heavy atom. The third-order valence-corrected chi connectivity index (χ3v) is 1.81. The van der Waals surface area contributed by atoms with Gasteiger partial charge in [-0.25, -0.2) is 17.6 Å². The fourth-order valence-electron chi connectivity index (χ4n) is 1.13. The van der Waals surface area contributed by atoms with Crippen molar-refractivity contribution in [1.82, 2.24) is 0 Å². The molecule has 1 aromatic rings. The second-order valence-corrected chi connectivity index (χ2v) is 2.88. The molecule has 0 fully saturated rings. The van der Waals surface area contributed by atoms with Crippen LogP contribution in [0.15, 0.2) is 18.2 Å². The molecule has 0 amide bonds. The molecule has 1 atom stereocenters. The van der Waals surface area contributed by atoms with Gasteiger partial charge in [-0.1, -0.05) is 12.1 Å². The lowest BCUT2D eigenvalue weighted by molar-refractivity contribution is 0.128. The summed E-state index contributed by atoms with van der Waals surface area (Å²) in [7, 11) is 0. The standard InChI is InChI=1S/C9H9F4N/c10-6-3-1-2-5(9(6)13)7(14)4-8(11)12/h1-3,7-8H,4,14H2/t7-/m1/s1. The predicted octanol–water partition coefficient (Wildman–Crippen LogP) is 2.62. The van der Waals surface area contributed by atoms with Gasteiger partial charge in [0, 0.05) is 18.0 Å². The number of nitrogens with two attached hydrogens (primary N) is 1. The summed E-state index contributed by atoms with van der Waals surface area (Å²) < 4.78 is 49.5. The van der Waals surface area contributed by atoms with Gasteiger partial charge in [-0.3, -0.25) is 0 Å². The average molecular weight is 207 g/mol. The van der Waals surface area contributed by atoms with E-state index in [0.29, 0.717) is 0 Å². The zero-order chi connectivity index (χ0) is 10.7. The minimum absolute atomic E-state index is 0.217. The molecule has 1 nitrogen and oxygen atoms in total. The first-order chi connectivity index (χ1) is 6.52. The van der Waals surface area contributed by atoms with E-state index in [1.165, 1.54) is 12.1 Å². The van der Waals surface area contributed by atoms with Crippen molar-refractivity contribution in [3.05, 3.63) is 35.4 Å². The molecular weight excluding hydrogens is 198 g/mol. The number of halogens is 4. The fraction of sp³-hybridized carbons (Fsp3) is 0.333. The van der Waals surface area contributed by atoms with Crippen LogP contribution in [0.1, 0.15) is 18.0 Å². The maximum Gasteiger partial charge on any atom is 0.240 e. The summed E-state index contributed by atoms with van der Waals surface area (Å²) in [4.78, 5) is 0. The molecule has 0 aromatic heterocycles. The zero-order valence-electron chi connectivity index (χ0n) is 7.18. The molecule has 0 saturated carbocycles. The molecule has 78 valence electrons. The number of hydrogen-bond donors (Lipinski definition) is 1. The number of benzene rings is 1. The van der Waals surface area contributed by atoms with Crippen molar-refractivity contribution < 1.29 is 17.6 Å². The van der Waals surface area contributed by atoms with E-state index >= 15 is 0 Å². The molecule has 1 rings (SSSR count). The Morgan fingerprint density at radius 3 is 2.43 bits per heavy atom. The van der Waals surface area contributed by atoms with Gasteiger partial charge in [-0.05, 0) is 6.07 Å². The van der Waals surface area contributed by atoms with Crippen LogP contribution in [0.3, 0.4) is 0 Å². The highest BCUT2D eigenvalue weighted by Crippen LogP contribution is 2.22. The van der Waals surface area contributed by atoms with Crippen LogP contribution in [0, 0.1) is 11.6 Å². The summed E-state index contributed by atoms with van der Waals surface area (Å²) in [6.07, 6.45) is -3.31. The average Bonchev–Trinajstić information content (AvgIpc) is 2.08. The first kappa shape index (κ1) is 11.0. The van der Waals surface area contributed by atoms with E-state index in [1.54, 1.807) is 0 Å². The van der Waals surface area contributed by atoms with E-state index in [2.05, 4.69) is 0 Å². The molecule has 0 spiro atoms. The van der Waals surface area contributed by atoms with Crippen LogP contribution in [0.25, 0.3) is 0 Å². The van der Waals surface area contributed by atoms with Crippen LogP contribution < -0.4 is 5.73 Å². The number of alkyl halides is 2. The maximum absolute atomic E-state index is 13.0. The van der Waals surface area contributed by atoms with E-state index in [9.17, 15) is 17.6 Å². The lowest BCUT2D eigenvalue weighted by Crippen LogP contribution is -2.16. The Balaban J connectivity index is 2.89. The van der Waals surface area contributed by atoms with E-state index in [0.717, 1.165) is 6.07 Å². The summed E-state index contributed by atoms with van der Waals surface area (Å²) in [5.74, 6) is -2.23. The van der Waals surface area contributed by atoms with Gasteiger partial charge in [-0.15, -0.1) is 0 Å². The highest BCUT2D eigenvalue weighted by atomic mass is 19.3. The highest BCUT2D eigenvalue weighted by molar-refractivity contribution is 5.22. The van der Waals surface area contributed by atoms with Crippen LogP contribution >= 0.6 is 0 Å². The molecule has 2 N–H and O–H groups in total. The maximum atomic E-state index is 13.0. The van der Waals surface area contributed by atoms with Gasteiger partial charge < -0.3 is 5.73 Å². The summed E-state index contributed by atoms with van der Waals surface area (Å²) >= 11 is 0. The second kappa shape index (κ2) is 4.41. The van der Waals surface area contributed by atoms with Gasteiger partial charge in [0.15, 0.2) is 11.6 Å². The molecular formula is C9H9F4N. The molecule has 0 aliphatic rings. The molecule has 0 radical (unpaired) electrons. The topological polar surface area (TPSA) is 26.0 Å². The molecule has 0 heterocycles. The lowest BCUT2D eigenvalue weighted by atomic mass is 10.0. The lowest BCUT2D eigenvalue weighted by Gasteiger charge is -2.12. The summed E-state index contributed by atoms with van der Waals surface area (Å²) in [6.45, 7) is 0. The Bertz CT molecular complexity index is 314. The Morgan fingerprint density at radius 2 is 1.86 bits per heavy atom. The predicted molar refractivity (Wildman–Crippen MR) is 43.9 cm³/mol. The molecule has 1 aromatic carbocycles. The highest BCUT2D eigenvalue weighted by Gasteiger charge is 2.18. The Labute approximate surface area is 78.5 Å². The second-order valence-electron chi connectivity index (χ2n) is 2.88. The summed E-state index contributed by atoms with van der Waals surface area (Å²) in [5, 5.41) is 0. The third-order valence-electron chi connectivity index (χ3n) is 1.81.